The van der Waals surface area contributed by atoms with Crippen molar-refractivity contribution in [2.45, 2.75) is 63.9 Å². The number of anilines is 1. The molecule has 0 spiro atoms. The smallest absolute Gasteiger partial charge is 0.260 e. The number of fused-ring (bicyclic) bond motifs is 1. The largest absolute Gasteiger partial charge is 0.278 e. The van der Waals surface area contributed by atoms with Gasteiger partial charge in [0.05, 0.1) is 27.4 Å². The van der Waals surface area contributed by atoms with Gasteiger partial charge in [-0.25, -0.2) is 13.4 Å². The van der Waals surface area contributed by atoms with Gasteiger partial charge in [0.25, 0.3) is 5.91 Å². The van der Waals surface area contributed by atoms with Crippen LogP contribution in [0.5, 0.6) is 0 Å². The second-order valence-corrected chi connectivity index (χ2v) is 12.7. The van der Waals surface area contributed by atoms with Crippen molar-refractivity contribution >= 4 is 42.6 Å². The summed E-state index contributed by atoms with van der Waals surface area (Å²) in [6, 6.07) is 16.0. The fourth-order valence-electron chi connectivity index (χ4n) is 4.97. The number of rotatable bonds is 7. The predicted octanol–water partition coefficient (Wildman–Crippen LogP) is 6.11. The van der Waals surface area contributed by atoms with Crippen molar-refractivity contribution < 1.29 is 13.2 Å². The minimum Gasteiger partial charge on any atom is -0.278 e. The van der Waals surface area contributed by atoms with Crippen LogP contribution >= 0.6 is 11.3 Å². The first-order valence-electron chi connectivity index (χ1n) is 13.0. The maximum atomic E-state index is 13.8. The van der Waals surface area contributed by atoms with Crippen molar-refractivity contribution in [2.24, 2.45) is 0 Å². The molecular formula is C29H32N4O3S2. The Kier molecular flexibility index (Phi) is 7.61. The molecule has 0 bridgehead atoms. The van der Waals surface area contributed by atoms with Gasteiger partial charge in [0.15, 0.2) is 5.13 Å². The van der Waals surface area contributed by atoms with Crippen molar-refractivity contribution in [2.75, 3.05) is 11.4 Å². The average Bonchev–Trinajstić information content (AvgIpc) is 3.39. The summed E-state index contributed by atoms with van der Waals surface area (Å²) in [6.07, 6.45) is 5.30. The van der Waals surface area contributed by atoms with Gasteiger partial charge in [-0.3, -0.25) is 14.7 Å². The predicted molar refractivity (Wildman–Crippen MR) is 152 cm³/mol. The summed E-state index contributed by atoms with van der Waals surface area (Å²) in [7, 11) is -3.62. The molecule has 9 heteroatoms. The molecule has 0 N–H and O–H groups in total. The zero-order valence-corrected chi connectivity index (χ0v) is 23.6. The molecule has 1 unspecified atom stereocenters. The van der Waals surface area contributed by atoms with Crippen molar-refractivity contribution in [1.82, 2.24) is 14.3 Å². The van der Waals surface area contributed by atoms with Crippen molar-refractivity contribution in [3.05, 3.63) is 83.2 Å². The molecule has 2 aromatic heterocycles. The number of piperidine rings is 1. The molecule has 1 atom stereocenters. The zero-order chi connectivity index (χ0) is 26.9. The zero-order valence-electron chi connectivity index (χ0n) is 21.9. The molecule has 1 amide bonds. The van der Waals surface area contributed by atoms with Gasteiger partial charge in [-0.2, -0.15) is 4.31 Å². The van der Waals surface area contributed by atoms with E-state index in [1.54, 1.807) is 39.7 Å². The highest BCUT2D eigenvalue weighted by Crippen LogP contribution is 2.34. The second-order valence-electron chi connectivity index (χ2n) is 9.76. The maximum Gasteiger partial charge on any atom is 0.260 e. The lowest BCUT2D eigenvalue weighted by molar-refractivity contribution is 0.0984. The van der Waals surface area contributed by atoms with Crippen LogP contribution in [0, 0.1) is 13.8 Å². The average molecular weight is 549 g/mol. The summed E-state index contributed by atoms with van der Waals surface area (Å²) in [4.78, 5) is 25.0. The highest BCUT2D eigenvalue weighted by Gasteiger charge is 2.32. The van der Waals surface area contributed by atoms with E-state index in [0.717, 1.165) is 52.7 Å². The molecule has 1 aliphatic heterocycles. The Balaban J connectivity index is 1.48. The highest BCUT2D eigenvalue weighted by molar-refractivity contribution is 7.89. The number of sulfonamides is 1. The normalized spacial score (nSPS) is 16.6. The summed E-state index contributed by atoms with van der Waals surface area (Å²) >= 11 is 1.46. The minimum absolute atomic E-state index is 0.0232. The van der Waals surface area contributed by atoms with Crippen LogP contribution < -0.4 is 4.90 Å². The molecule has 0 aliphatic carbocycles. The topological polar surface area (TPSA) is 83.5 Å². The number of hydrogen-bond acceptors (Lipinski definition) is 6. The Morgan fingerprint density at radius 3 is 2.58 bits per heavy atom. The van der Waals surface area contributed by atoms with Gasteiger partial charge in [0, 0.05) is 24.3 Å². The molecule has 4 aromatic rings. The first-order valence-corrected chi connectivity index (χ1v) is 15.3. The minimum atomic E-state index is -3.62. The number of thiazole rings is 1. The number of carbonyl (C=O) groups excluding carboxylic acids is 1. The Morgan fingerprint density at radius 2 is 1.87 bits per heavy atom. The molecule has 1 fully saturated rings. The van der Waals surface area contributed by atoms with Crippen LogP contribution in [-0.2, 0) is 16.6 Å². The van der Waals surface area contributed by atoms with Gasteiger partial charge in [0.2, 0.25) is 10.0 Å². The standard InChI is InChI=1S/C29H32N4O3S2/c1-4-24-10-6-8-18-33(24)38(35,36)25-14-12-22(13-15-25)28(34)32(19-23-9-5-7-17-30-23)29-31-27-21(3)20(2)11-16-26(27)37-29/h5,7,9,11-17,24H,4,6,8,10,18-19H2,1-3H3. The van der Waals surface area contributed by atoms with Gasteiger partial charge in [0.1, 0.15) is 0 Å². The molecule has 1 aliphatic rings. The van der Waals surface area contributed by atoms with E-state index in [2.05, 4.69) is 11.1 Å². The Labute approximate surface area is 228 Å². The van der Waals surface area contributed by atoms with Crippen LogP contribution in [-0.4, -0.2) is 41.2 Å². The third-order valence-electron chi connectivity index (χ3n) is 7.35. The quantitative estimate of drug-likeness (QED) is 0.278. The van der Waals surface area contributed by atoms with Crippen molar-refractivity contribution in [3.8, 4) is 0 Å². The maximum absolute atomic E-state index is 13.8. The Bertz CT molecular complexity index is 1550. The van der Waals surface area contributed by atoms with E-state index in [4.69, 9.17) is 4.98 Å². The number of benzene rings is 2. The third-order valence-corrected chi connectivity index (χ3v) is 10.4. The van der Waals surface area contributed by atoms with Gasteiger partial charge in [-0.1, -0.05) is 36.8 Å². The molecule has 0 radical (unpaired) electrons. The number of pyridine rings is 1. The summed E-state index contributed by atoms with van der Waals surface area (Å²) in [5.41, 5.74) is 4.26. The van der Waals surface area contributed by atoms with E-state index in [9.17, 15) is 13.2 Å². The van der Waals surface area contributed by atoms with Gasteiger partial charge in [-0.05, 0) is 86.7 Å². The Morgan fingerprint density at radius 1 is 1.08 bits per heavy atom. The van der Waals surface area contributed by atoms with E-state index in [1.165, 1.54) is 11.3 Å². The molecular weight excluding hydrogens is 516 g/mol. The SMILES string of the molecule is CCC1CCCCN1S(=O)(=O)c1ccc(C(=O)N(Cc2ccccn2)c2nc3c(C)c(C)ccc3s2)cc1. The lowest BCUT2D eigenvalue weighted by atomic mass is 10.0. The molecule has 1 saturated heterocycles. The summed E-state index contributed by atoms with van der Waals surface area (Å²) < 4.78 is 29.5. The second kappa shape index (κ2) is 10.9. The van der Waals surface area contributed by atoms with Gasteiger partial charge in [-0.15, -0.1) is 0 Å². The number of amides is 1. The van der Waals surface area contributed by atoms with Crippen molar-refractivity contribution in [3.63, 3.8) is 0 Å². The first-order chi connectivity index (χ1) is 18.3. The number of carbonyl (C=O) groups is 1. The van der Waals surface area contributed by atoms with E-state index >= 15 is 0 Å². The lowest BCUT2D eigenvalue weighted by Gasteiger charge is -2.34. The molecule has 2 aromatic carbocycles. The van der Waals surface area contributed by atoms with E-state index < -0.39 is 10.0 Å². The van der Waals surface area contributed by atoms with Crippen LogP contribution in [0.4, 0.5) is 5.13 Å². The molecule has 3 heterocycles. The van der Waals surface area contributed by atoms with E-state index in [0.29, 0.717) is 17.2 Å². The number of nitrogens with zero attached hydrogens (tertiary/aromatic N) is 4. The molecule has 198 valence electrons. The number of hydrogen-bond donors (Lipinski definition) is 0. The molecule has 38 heavy (non-hydrogen) atoms. The number of aryl methyl sites for hydroxylation is 2. The third kappa shape index (κ3) is 5.10. The van der Waals surface area contributed by atoms with E-state index in [1.807, 2.05) is 45.0 Å². The van der Waals surface area contributed by atoms with Crippen LogP contribution in [0.3, 0.4) is 0 Å². The summed E-state index contributed by atoms with van der Waals surface area (Å²) in [6.45, 7) is 6.91. The van der Waals surface area contributed by atoms with Gasteiger partial charge >= 0.3 is 0 Å². The first kappa shape index (κ1) is 26.5. The van der Waals surface area contributed by atoms with Gasteiger partial charge < -0.3 is 0 Å². The number of aromatic nitrogens is 2. The summed E-state index contributed by atoms with van der Waals surface area (Å²) in [5, 5.41) is 0.583. The fraction of sp³-hybridized carbons (Fsp3) is 0.345. The Hall–Kier alpha value is -3.14. The molecule has 7 nitrogen and oxygen atoms in total. The summed E-state index contributed by atoms with van der Waals surface area (Å²) in [5.74, 6) is -0.252. The van der Waals surface area contributed by atoms with E-state index in [-0.39, 0.29) is 23.4 Å². The molecule has 5 rings (SSSR count). The van der Waals surface area contributed by atoms with Crippen LogP contribution in [0.1, 0.15) is 59.8 Å². The monoisotopic (exact) mass is 548 g/mol. The van der Waals surface area contributed by atoms with Crippen molar-refractivity contribution in [1.29, 1.82) is 0 Å². The highest BCUT2D eigenvalue weighted by atomic mass is 32.2. The van der Waals surface area contributed by atoms with Crippen LogP contribution in [0.15, 0.2) is 65.7 Å². The van der Waals surface area contributed by atoms with Crippen LogP contribution in [0.25, 0.3) is 10.2 Å². The fourth-order valence-corrected chi connectivity index (χ4v) is 7.76. The molecule has 0 saturated carbocycles. The van der Waals surface area contributed by atoms with Crippen LogP contribution in [0.2, 0.25) is 0 Å². The lowest BCUT2D eigenvalue weighted by Crippen LogP contribution is -2.43.